The van der Waals surface area contributed by atoms with Crippen LogP contribution in [0.2, 0.25) is 0 Å². The average Bonchev–Trinajstić information content (AvgIpc) is 3.19. The van der Waals surface area contributed by atoms with Gasteiger partial charge in [0.1, 0.15) is 0 Å². The van der Waals surface area contributed by atoms with E-state index in [1.807, 2.05) is 22.2 Å². The van der Waals surface area contributed by atoms with E-state index in [4.69, 9.17) is 12.2 Å². The third kappa shape index (κ3) is 3.90. The Morgan fingerprint density at radius 3 is 3.00 bits per heavy atom. The Morgan fingerprint density at radius 2 is 2.39 bits per heavy atom. The second kappa shape index (κ2) is 6.84. The van der Waals surface area contributed by atoms with Crippen LogP contribution in [0.25, 0.3) is 10.7 Å². The van der Waals surface area contributed by atoms with Crippen molar-refractivity contribution in [1.82, 2.24) is 19.7 Å². The van der Waals surface area contributed by atoms with E-state index >= 15 is 0 Å². The predicted molar refractivity (Wildman–Crippen MR) is 94.8 cm³/mol. The van der Waals surface area contributed by atoms with Crippen LogP contribution >= 0.6 is 23.6 Å². The maximum Gasteiger partial charge on any atom is 0.217 e. The number of aromatic nitrogens is 3. The van der Waals surface area contributed by atoms with E-state index in [0.29, 0.717) is 17.9 Å². The van der Waals surface area contributed by atoms with Gasteiger partial charge in [-0.25, -0.2) is 13.1 Å². The number of H-pyrrole nitrogens is 1. The second-order valence-electron chi connectivity index (χ2n) is 5.77. The first-order valence-corrected chi connectivity index (χ1v) is 10.7. The van der Waals surface area contributed by atoms with Gasteiger partial charge in [-0.2, -0.15) is 4.98 Å². The van der Waals surface area contributed by atoms with Gasteiger partial charge in [-0.3, -0.25) is 10.00 Å². The van der Waals surface area contributed by atoms with Crippen molar-refractivity contribution in [3.63, 3.8) is 0 Å². The van der Waals surface area contributed by atoms with Crippen molar-refractivity contribution in [3.8, 4) is 10.7 Å². The molecule has 6 nitrogen and oxygen atoms in total. The van der Waals surface area contributed by atoms with Crippen LogP contribution in [0.3, 0.4) is 0 Å². The number of sulfone groups is 1. The molecule has 0 amide bonds. The van der Waals surface area contributed by atoms with Crippen molar-refractivity contribution in [3.05, 3.63) is 22.3 Å². The number of nitrogens with zero attached hydrogens (tertiary/aromatic N) is 3. The molecular formula is C14H20N4O2S3. The first-order chi connectivity index (χ1) is 11.0. The molecule has 1 fully saturated rings. The smallest absolute Gasteiger partial charge is 0.217 e. The normalized spacial score (nSPS) is 20.3. The fourth-order valence-electron chi connectivity index (χ4n) is 2.88. The Morgan fingerprint density at radius 1 is 1.57 bits per heavy atom. The molecule has 0 saturated carbocycles. The highest BCUT2D eigenvalue weighted by Crippen LogP contribution is 2.22. The van der Waals surface area contributed by atoms with E-state index in [0.717, 1.165) is 23.7 Å². The van der Waals surface area contributed by atoms with Gasteiger partial charge < -0.3 is 0 Å². The van der Waals surface area contributed by atoms with Gasteiger partial charge >= 0.3 is 0 Å². The minimum Gasteiger partial charge on any atom is -0.280 e. The van der Waals surface area contributed by atoms with E-state index in [1.54, 1.807) is 11.3 Å². The SMILES string of the molecule is CCCN(Cn1[nH]c(-c2cccs2)nc1=S)C1CCS(=O)(=O)C1. The molecule has 9 heteroatoms. The summed E-state index contributed by atoms with van der Waals surface area (Å²) in [5.74, 6) is 1.29. The Hall–Kier alpha value is -1.03. The molecule has 126 valence electrons. The van der Waals surface area contributed by atoms with Crippen LogP contribution in [0.15, 0.2) is 17.5 Å². The molecule has 2 aromatic rings. The van der Waals surface area contributed by atoms with Crippen LogP contribution in [-0.2, 0) is 16.5 Å². The lowest BCUT2D eigenvalue weighted by Gasteiger charge is -2.27. The van der Waals surface area contributed by atoms with Crippen molar-refractivity contribution in [2.75, 3.05) is 18.1 Å². The second-order valence-corrected chi connectivity index (χ2v) is 9.31. The molecule has 3 heterocycles. The summed E-state index contributed by atoms with van der Waals surface area (Å²) < 4.78 is 25.8. The van der Waals surface area contributed by atoms with Crippen molar-refractivity contribution < 1.29 is 8.42 Å². The Kier molecular flexibility index (Phi) is 5.00. The lowest BCUT2D eigenvalue weighted by atomic mass is 10.2. The molecule has 1 N–H and O–H groups in total. The number of hydrogen-bond acceptors (Lipinski definition) is 6. The van der Waals surface area contributed by atoms with Crippen LogP contribution < -0.4 is 0 Å². The molecule has 3 rings (SSSR count). The molecule has 1 saturated heterocycles. The Bertz CT molecular complexity index is 807. The molecule has 1 aliphatic heterocycles. The van der Waals surface area contributed by atoms with Gasteiger partial charge in [-0.05, 0) is 43.1 Å². The summed E-state index contributed by atoms with van der Waals surface area (Å²) in [5.41, 5.74) is 0. The summed E-state index contributed by atoms with van der Waals surface area (Å²) in [6.45, 7) is 3.49. The summed E-state index contributed by atoms with van der Waals surface area (Å²) in [5, 5.41) is 5.24. The van der Waals surface area contributed by atoms with Crippen LogP contribution in [0.4, 0.5) is 0 Å². The molecular weight excluding hydrogens is 352 g/mol. The molecule has 0 spiro atoms. The van der Waals surface area contributed by atoms with Crippen LogP contribution in [0.1, 0.15) is 19.8 Å². The lowest BCUT2D eigenvalue weighted by Crippen LogP contribution is -2.38. The van der Waals surface area contributed by atoms with Crippen LogP contribution in [0.5, 0.6) is 0 Å². The van der Waals surface area contributed by atoms with E-state index in [-0.39, 0.29) is 17.5 Å². The summed E-state index contributed by atoms with van der Waals surface area (Å²) >= 11 is 6.96. The molecule has 1 unspecified atom stereocenters. The van der Waals surface area contributed by atoms with Gasteiger partial charge in [0, 0.05) is 6.04 Å². The molecule has 0 radical (unpaired) electrons. The van der Waals surface area contributed by atoms with Crippen molar-refractivity contribution in [2.24, 2.45) is 0 Å². The van der Waals surface area contributed by atoms with Gasteiger partial charge in [0.2, 0.25) is 4.77 Å². The summed E-state index contributed by atoms with van der Waals surface area (Å²) in [6.07, 6.45) is 1.66. The number of rotatable bonds is 6. The standard InChI is InChI=1S/C14H20N4O2S3/c1-2-6-17(11-5-8-23(19,20)9-11)10-18-14(21)15-13(16-18)12-4-3-7-22-12/h3-4,7,11H,2,5-6,8-10H2,1H3,(H,15,16,21). The molecule has 0 aromatic carbocycles. The molecule has 0 bridgehead atoms. The third-order valence-corrected chi connectivity index (χ3v) is 6.93. The van der Waals surface area contributed by atoms with E-state index in [9.17, 15) is 8.42 Å². The number of thiophene rings is 1. The number of hydrogen-bond donors (Lipinski definition) is 1. The van der Waals surface area contributed by atoms with Crippen molar-refractivity contribution >= 4 is 33.4 Å². The zero-order valence-corrected chi connectivity index (χ0v) is 15.4. The first kappa shape index (κ1) is 16.8. The Labute approximate surface area is 145 Å². The summed E-state index contributed by atoms with van der Waals surface area (Å²) in [6, 6.07) is 4.04. The molecule has 23 heavy (non-hydrogen) atoms. The zero-order valence-electron chi connectivity index (χ0n) is 12.9. The van der Waals surface area contributed by atoms with Crippen LogP contribution in [0, 0.1) is 4.77 Å². The molecule has 2 aromatic heterocycles. The highest BCUT2D eigenvalue weighted by Gasteiger charge is 2.32. The van der Waals surface area contributed by atoms with E-state index in [1.165, 1.54) is 0 Å². The topological polar surface area (TPSA) is 71.0 Å². The number of aromatic amines is 1. The third-order valence-electron chi connectivity index (χ3n) is 3.99. The highest BCUT2D eigenvalue weighted by atomic mass is 32.2. The van der Waals surface area contributed by atoms with Crippen molar-refractivity contribution in [1.29, 1.82) is 0 Å². The predicted octanol–water partition coefficient (Wildman–Crippen LogP) is 2.53. The average molecular weight is 373 g/mol. The van der Waals surface area contributed by atoms with Gasteiger partial charge in [0.05, 0.1) is 23.1 Å². The quantitative estimate of drug-likeness (QED) is 0.789. The summed E-state index contributed by atoms with van der Waals surface area (Å²) in [7, 11) is -2.89. The Balaban J connectivity index is 1.79. The van der Waals surface area contributed by atoms with Gasteiger partial charge in [0.25, 0.3) is 0 Å². The monoisotopic (exact) mass is 372 g/mol. The van der Waals surface area contributed by atoms with Gasteiger partial charge in [0.15, 0.2) is 15.7 Å². The van der Waals surface area contributed by atoms with Gasteiger partial charge in [-0.15, -0.1) is 11.3 Å². The maximum absolute atomic E-state index is 11.8. The molecule has 1 atom stereocenters. The minimum absolute atomic E-state index is 0.0651. The number of nitrogens with one attached hydrogen (secondary N) is 1. The van der Waals surface area contributed by atoms with Gasteiger partial charge in [-0.1, -0.05) is 13.0 Å². The highest BCUT2D eigenvalue weighted by molar-refractivity contribution is 7.91. The minimum atomic E-state index is -2.89. The molecule has 0 aliphatic carbocycles. The van der Waals surface area contributed by atoms with E-state index in [2.05, 4.69) is 21.9 Å². The van der Waals surface area contributed by atoms with Crippen LogP contribution in [-0.4, -0.2) is 52.2 Å². The molecule has 1 aliphatic rings. The fourth-order valence-corrected chi connectivity index (χ4v) is 5.50. The van der Waals surface area contributed by atoms with Crippen molar-refractivity contribution in [2.45, 2.75) is 32.5 Å². The fraction of sp³-hybridized carbons (Fsp3) is 0.571. The lowest BCUT2D eigenvalue weighted by molar-refractivity contribution is 0.155. The largest absolute Gasteiger partial charge is 0.280 e. The maximum atomic E-state index is 11.8. The zero-order chi connectivity index (χ0) is 16.4. The summed E-state index contributed by atoms with van der Waals surface area (Å²) in [4.78, 5) is 7.64. The first-order valence-electron chi connectivity index (χ1n) is 7.63. The van der Waals surface area contributed by atoms with E-state index < -0.39 is 9.84 Å².